The second-order valence-corrected chi connectivity index (χ2v) is 5.48. The molecule has 1 fully saturated rings. The first-order valence-electron chi connectivity index (χ1n) is 7.54. The maximum atomic E-state index is 12.3. The molecule has 1 heterocycles. The van der Waals surface area contributed by atoms with Gasteiger partial charge >= 0.3 is 0 Å². The first-order chi connectivity index (χ1) is 10.1. The summed E-state index contributed by atoms with van der Waals surface area (Å²) in [6, 6.07) is 5.75. The number of piperidine rings is 1. The van der Waals surface area contributed by atoms with Crippen molar-refractivity contribution in [2.45, 2.75) is 39.3 Å². The number of hydrogen-bond donors (Lipinski definition) is 3. The Morgan fingerprint density at radius 3 is 3.00 bits per heavy atom. The molecule has 0 aliphatic carbocycles. The summed E-state index contributed by atoms with van der Waals surface area (Å²) in [5.74, 6) is 0.760. The molecule has 2 rings (SSSR count). The minimum absolute atomic E-state index is 0.0467. The molecule has 1 aliphatic heterocycles. The van der Waals surface area contributed by atoms with Crippen LogP contribution in [0.2, 0.25) is 0 Å². The van der Waals surface area contributed by atoms with Gasteiger partial charge in [-0.05, 0) is 51.4 Å². The van der Waals surface area contributed by atoms with Gasteiger partial charge in [-0.25, -0.2) is 0 Å². The molecule has 1 amide bonds. The Bertz CT molecular complexity index is 490. The van der Waals surface area contributed by atoms with Crippen LogP contribution in [0.25, 0.3) is 0 Å². The van der Waals surface area contributed by atoms with Crippen molar-refractivity contribution in [3.05, 3.63) is 23.8 Å². The highest BCUT2D eigenvalue weighted by molar-refractivity contribution is 5.92. The maximum Gasteiger partial charge on any atom is 0.227 e. The number of ether oxygens (including phenoxy) is 1. The third-order valence-corrected chi connectivity index (χ3v) is 3.79. The zero-order valence-electron chi connectivity index (χ0n) is 12.7. The number of nitrogens with one attached hydrogen (secondary N) is 2. The van der Waals surface area contributed by atoms with Crippen molar-refractivity contribution < 1.29 is 14.6 Å². The highest BCUT2D eigenvalue weighted by Gasteiger charge is 2.24. The lowest BCUT2D eigenvalue weighted by atomic mass is 9.92. The van der Waals surface area contributed by atoms with E-state index in [0.29, 0.717) is 29.6 Å². The number of anilines is 1. The van der Waals surface area contributed by atoms with Crippen molar-refractivity contribution in [1.82, 2.24) is 5.32 Å². The molecule has 0 radical (unpaired) electrons. The molecule has 0 bridgehead atoms. The molecule has 1 aromatic rings. The van der Waals surface area contributed by atoms with Crippen molar-refractivity contribution in [3.63, 3.8) is 0 Å². The summed E-state index contributed by atoms with van der Waals surface area (Å²) >= 11 is 0. The molecular formula is C16H24N2O3. The zero-order valence-corrected chi connectivity index (χ0v) is 12.7. The second-order valence-electron chi connectivity index (χ2n) is 5.48. The lowest BCUT2D eigenvalue weighted by Crippen LogP contribution is -2.40. The zero-order chi connectivity index (χ0) is 15.2. The number of amides is 1. The SMILES string of the molecule is CCOc1ccc(NC(=O)C2CCNC(C)C2)cc1CO. The molecule has 3 N–H and O–H groups in total. The third-order valence-electron chi connectivity index (χ3n) is 3.79. The Labute approximate surface area is 125 Å². The number of hydrogen-bond acceptors (Lipinski definition) is 4. The Hall–Kier alpha value is -1.59. The normalized spacial score (nSPS) is 21.9. The molecule has 5 nitrogen and oxygen atoms in total. The number of rotatable bonds is 5. The van der Waals surface area contributed by atoms with Gasteiger partial charge in [0.15, 0.2) is 0 Å². The molecule has 2 atom stereocenters. The van der Waals surface area contributed by atoms with Gasteiger partial charge < -0.3 is 20.5 Å². The van der Waals surface area contributed by atoms with E-state index < -0.39 is 0 Å². The van der Waals surface area contributed by atoms with Gasteiger partial charge in [0.2, 0.25) is 5.91 Å². The summed E-state index contributed by atoms with van der Waals surface area (Å²) < 4.78 is 5.44. The Morgan fingerprint density at radius 2 is 2.33 bits per heavy atom. The summed E-state index contributed by atoms with van der Waals surface area (Å²) in [5, 5.41) is 15.7. The molecule has 1 saturated heterocycles. The van der Waals surface area contributed by atoms with Crippen LogP contribution in [0.3, 0.4) is 0 Å². The van der Waals surface area contributed by atoms with Gasteiger partial charge in [0, 0.05) is 23.2 Å². The summed E-state index contributed by atoms with van der Waals surface area (Å²) in [6.07, 6.45) is 1.72. The molecule has 0 saturated carbocycles. The third kappa shape index (κ3) is 4.19. The number of carbonyl (C=O) groups is 1. The first kappa shape index (κ1) is 15.8. The van der Waals surface area contributed by atoms with Gasteiger partial charge in [-0.15, -0.1) is 0 Å². The van der Waals surface area contributed by atoms with Gasteiger partial charge in [-0.3, -0.25) is 4.79 Å². The van der Waals surface area contributed by atoms with E-state index in [9.17, 15) is 9.90 Å². The maximum absolute atomic E-state index is 12.3. The standard InChI is InChI=1S/C16H24N2O3/c1-3-21-15-5-4-14(9-13(15)10-19)18-16(20)12-6-7-17-11(2)8-12/h4-5,9,11-12,17,19H,3,6-8,10H2,1-2H3,(H,18,20). The lowest BCUT2D eigenvalue weighted by molar-refractivity contribution is -0.120. The van der Waals surface area contributed by atoms with Crippen molar-refractivity contribution in [2.75, 3.05) is 18.5 Å². The molecule has 1 aliphatic rings. The van der Waals surface area contributed by atoms with Crippen LogP contribution in [0.1, 0.15) is 32.3 Å². The molecule has 0 spiro atoms. The van der Waals surface area contributed by atoms with Gasteiger partial charge in [0.05, 0.1) is 13.2 Å². The van der Waals surface area contributed by atoms with Gasteiger partial charge in [-0.2, -0.15) is 0 Å². The number of benzene rings is 1. The van der Waals surface area contributed by atoms with Crippen molar-refractivity contribution in [3.8, 4) is 5.75 Å². The van der Waals surface area contributed by atoms with E-state index in [2.05, 4.69) is 17.6 Å². The van der Waals surface area contributed by atoms with E-state index in [4.69, 9.17) is 4.74 Å². The highest BCUT2D eigenvalue weighted by Crippen LogP contribution is 2.24. The van der Waals surface area contributed by atoms with Gasteiger partial charge in [0.25, 0.3) is 0 Å². The predicted octanol–water partition coefficient (Wildman–Crippen LogP) is 1.90. The Balaban J connectivity index is 2.03. The van der Waals surface area contributed by atoms with E-state index in [0.717, 1.165) is 19.4 Å². The van der Waals surface area contributed by atoms with Crippen LogP contribution >= 0.6 is 0 Å². The van der Waals surface area contributed by atoms with E-state index in [-0.39, 0.29) is 18.4 Å². The van der Waals surface area contributed by atoms with Crippen molar-refractivity contribution in [2.24, 2.45) is 5.92 Å². The highest BCUT2D eigenvalue weighted by atomic mass is 16.5. The molecule has 0 aromatic heterocycles. The number of aliphatic hydroxyl groups is 1. The molecule has 21 heavy (non-hydrogen) atoms. The fourth-order valence-electron chi connectivity index (χ4n) is 2.69. The summed E-state index contributed by atoms with van der Waals surface area (Å²) in [6.45, 7) is 5.31. The van der Waals surface area contributed by atoms with Crippen LogP contribution in [0.5, 0.6) is 5.75 Å². The molecule has 5 heteroatoms. The van der Waals surface area contributed by atoms with E-state index in [1.165, 1.54) is 0 Å². The van der Waals surface area contributed by atoms with Gasteiger partial charge in [-0.1, -0.05) is 0 Å². The Morgan fingerprint density at radius 1 is 1.52 bits per heavy atom. The second kappa shape index (κ2) is 7.43. The topological polar surface area (TPSA) is 70.6 Å². The van der Waals surface area contributed by atoms with Crippen LogP contribution in [0.4, 0.5) is 5.69 Å². The summed E-state index contributed by atoms with van der Waals surface area (Å²) in [4.78, 5) is 12.3. The average Bonchev–Trinajstić information content (AvgIpc) is 2.49. The van der Waals surface area contributed by atoms with Gasteiger partial charge in [0.1, 0.15) is 5.75 Å². The van der Waals surface area contributed by atoms with E-state index >= 15 is 0 Å². The summed E-state index contributed by atoms with van der Waals surface area (Å²) in [7, 11) is 0. The van der Waals surface area contributed by atoms with Crippen LogP contribution in [-0.2, 0) is 11.4 Å². The van der Waals surface area contributed by atoms with Crippen LogP contribution in [0, 0.1) is 5.92 Å². The average molecular weight is 292 g/mol. The quantitative estimate of drug-likeness (QED) is 0.775. The molecule has 116 valence electrons. The van der Waals surface area contributed by atoms with Crippen molar-refractivity contribution >= 4 is 11.6 Å². The van der Waals surface area contributed by atoms with Crippen LogP contribution in [0.15, 0.2) is 18.2 Å². The smallest absolute Gasteiger partial charge is 0.227 e. The molecule has 2 unspecified atom stereocenters. The monoisotopic (exact) mass is 292 g/mol. The van der Waals surface area contributed by atoms with Crippen LogP contribution in [-0.4, -0.2) is 30.2 Å². The van der Waals surface area contributed by atoms with Crippen molar-refractivity contribution in [1.29, 1.82) is 0 Å². The van der Waals surface area contributed by atoms with E-state index in [1.54, 1.807) is 12.1 Å². The Kier molecular flexibility index (Phi) is 5.59. The summed E-state index contributed by atoms with van der Waals surface area (Å²) in [5.41, 5.74) is 1.40. The fourth-order valence-corrected chi connectivity index (χ4v) is 2.69. The molecule has 1 aromatic carbocycles. The minimum Gasteiger partial charge on any atom is -0.494 e. The first-order valence-corrected chi connectivity index (χ1v) is 7.54. The molecular weight excluding hydrogens is 268 g/mol. The van der Waals surface area contributed by atoms with E-state index in [1.807, 2.05) is 13.0 Å². The fraction of sp³-hybridized carbons (Fsp3) is 0.562. The minimum atomic E-state index is -0.108. The number of carbonyl (C=O) groups excluding carboxylic acids is 1. The largest absolute Gasteiger partial charge is 0.494 e. The lowest BCUT2D eigenvalue weighted by Gasteiger charge is -2.27. The predicted molar refractivity (Wildman–Crippen MR) is 82.4 cm³/mol. The van der Waals surface area contributed by atoms with Crippen LogP contribution < -0.4 is 15.4 Å². The number of aliphatic hydroxyl groups excluding tert-OH is 1.